The Balaban J connectivity index is 1.90. The number of hydrogen-bond acceptors (Lipinski definition) is 6. The van der Waals surface area contributed by atoms with Crippen molar-refractivity contribution in [1.82, 2.24) is 9.79 Å². The summed E-state index contributed by atoms with van der Waals surface area (Å²) in [6.07, 6.45) is 0. The van der Waals surface area contributed by atoms with Crippen molar-refractivity contribution in [3.8, 4) is 11.5 Å². The number of nitrogens with zero attached hydrogens (tertiary/aromatic N) is 1. The number of carbonyl (C=O) groups is 1. The van der Waals surface area contributed by atoms with E-state index in [1.54, 1.807) is 19.9 Å². The highest BCUT2D eigenvalue weighted by molar-refractivity contribution is 9.10. The Kier molecular flexibility index (Phi) is 6.80. The van der Waals surface area contributed by atoms with Crippen molar-refractivity contribution in [2.24, 2.45) is 0 Å². The van der Waals surface area contributed by atoms with Crippen LogP contribution in [0.5, 0.6) is 11.5 Å². The van der Waals surface area contributed by atoms with Crippen LogP contribution < -0.4 is 10.2 Å². The zero-order valence-corrected chi connectivity index (χ0v) is 19.5. The summed E-state index contributed by atoms with van der Waals surface area (Å²) in [6, 6.07) is 11.7. The highest BCUT2D eigenvalue weighted by atomic mass is 79.9. The molecule has 1 aliphatic heterocycles. The summed E-state index contributed by atoms with van der Waals surface area (Å²) in [5, 5.41) is 9.12. The normalized spacial score (nSPS) is 21.8. The number of ether oxygens (including phenoxy) is 1. The van der Waals surface area contributed by atoms with Gasteiger partial charge in [0.1, 0.15) is 22.0 Å². The number of nitrogens with one attached hydrogen (secondary N) is 1. The van der Waals surface area contributed by atoms with E-state index < -0.39 is 37.9 Å². The quantitative estimate of drug-likeness (QED) is 0.358. The molecule has 2 unspecified atom stereocenters. The molecule has 0 aromatic heterocycles. The molecular weight excluding hydrogens is 496 g/mol. The molecule has 2 aromatic rings. The van der Waals surface area contributed by atoms with Gasteiger partial charge in [0, 0.05) is 0 Å². The SMILES string of the molecule is CC1(C)C(C(=O)NO)N(S(=O)(=O)c2ccc(Oc3ccccc3Br)cc2)CC[S+]1[O-]. The molecule has 2 N–H and O–H groups in total. The zero-order valence-electron chi connectivity index (χ0n) is 16.2. The fourth-order valence-electron chi connectivity index (χ4n) is 3.27. The molecule has 0 aliphatic carbocycles. The number of hydrogen-bond donors (Lipinski definition) is 2. The molecule has 0 saturated carbocycles. The molecule has 1 aliphatic rings. The van der Waals surface area contributed by atoms with Crippen molar-refractivity contribution < 1.29 is 27.7 Å². The van der Waals surface area contributed by atoms with Crippen molar-refractivity contribution in [3.05, 3.63) is 53.0 Å². The highest BCUT2D eigenvalue weighted by Gasteiger charge is 2.55. The van der Waals surface area contributed by atoms with E-state index in [-0.39, 0.29) is 17.2 Å². The Morgan fingerprint density at radius 2 is 1.90 bits per heavy atom. The number of hydroxylamine groups is 1. The lowest BCUT2D eigenvalue weighted by molar-refractivity contribution is -0.134. The van der Waals surface area contributed by atoms with Crippen molar-refractivity contribution in [3.63, 3.8) is 0 Å². The van der Waals surface area contributed by atoms with E-state index in [4.69, 9.17) is 9.94 Å². The van der Waals surface area contributed by atoms with Gasteiger partial charge in [0.05, 0.1) is 15.9 Å². The van der Waals surface area contributed by atoms with Gasteiger partial charge in [-0.3, -0.25) is 10.0 Å². The number of sulfonamides is 1. The number of amides is 1. The molecule has 1 fully saturated rings. The largest absolute Gasteiger partial charge is 0.616 e. The lowest BCUT2D eigenvalue weighted by Crippen LogP contribution is -2.66. The van der Waals surface area contributed by atoms with Crippen molar-refractivity contribution >= 4 is 43.0 Å². The molecule has 2 aromatic carbocycles. The van der Waals surface area contributed by atoms with Gasteiger partial charge in [-0.15, -0.1) is 0 Å². The predicted octanol–water partition coefficient (Wildman–Crippen LogP) is 2.65. The Bertz CT molecular complexity index is 1030. The Hall–Kier alpha value is -1.63. The second-order valence-electron chi connectivity index (χ2n) is 7.15. The van der Waals surface area contributed by atoms with Gasteiger partial charge in [-0.1, -0.05) is 12.1 Å². The van der Waals surface area contributed by atoms with Crippen molar-refractivity contribution in [2.75, 3.05) is 12.3 Å². The van der Waals surface area contributed by atoms with E-state index in [1.807, 2.05) is 18.2 Å². The van der Waals surface area contributed by atoms with Crippen LogP contribution in [0.15, 0.2) is 57.9 Å². The monoisotopic (exact) mass is 516 g/mol. The Morgan fingerprint density at radius 3 is 2.50 bits per heavy atom. The first-order valence-electron chi connectivity index (χ1n) is 8.95. The van der Waals surface area contributed by atoms with Gasteiger partial charge in [-0.2, -0.15) is 4.31 Å². The molecule has 30 heavy (non-hydrogen) atoms. The fraction of sp³-hybridized carbons (Fsp3) is 0.316. The third-order valence-electron chi connectivity index (χ3n) is 4.88. The first-order chi connectivity index (χ1) is 14.1. The van der Waals surface area contributed by atoms with E-state index in [1.165, 1.54) is 29.7 Å². The standard InChI is InChI=1S/C19H21BrN2O6S2/c1-19(2)17(18(23)21-24)22(11-12-29(19)25)30(26,27)14-9-7-13(8-10-14)28-16-6-4-3-5-15(16)20/h3-10,17,24H,11-12H2,1-2H3,(H,21,23). The minimum atomic E-state index is -4.10. The molecule has 0 bridgehead atoms. The number of para-hydroxylation sites is 1. The first kappa shape index (κ1) is 23.0. The van der Waals surface area contributed by atoms with E-state index in [2.05, 4.69) is 15.9 Å². The van der Waals surface area contributed by atoms with Crippen LogP contribution in [0.2, 0.25) is 0 Å². The van der Waals surface area contributed by atoms with Crippen LogP contribution in [0.25, 0.3) is 0 Å². The van der Waals surface area contributed by atoms with Crippen molar-refractivity contribution in [2.45, 2.75) is 29.5 Å². The molecule has 3 rings (SSSR count). The summed E-state index contributed by atoms with van der Waals surface area (Å²) in [4.78, 5) is 12.2. The third kappa shape index (κ3) is 4.36. The number of carbonyl (C=O) groups excluding carboxylic acids is 1. The maximum Gasteiger partial charge on any atom is 0.267 e. The van der Waals surface area contributed by atoms with Crippen LogP contribution in [-0.4, -0.2) is 51.5 Å². The molecule has 8 nitrogen and oxygen atoms in total. The van der Waals surface area contributed by atoms with Gasteiger partial charge in [0.2, 0.25) is 10.0 Å². The molecule has 1 amide bonds. The number of halogens is 1. The van der Waals surface area contributed by atoms with Crippen LogP contribution in [0.3, 0.4) is 0 Å². The Morgan fingerprint density at radius 1 is 1.27 bits per heavy atom. The minimum Gasteiger partial charge on any atom is -0.616 e. The fourth-order valence-corrected chi connectivity index (χ4v) is 6.91. The van der Waals surface area contributed by atoms with Crippen LogP contribution in [0.4, 0.5) is 0 Å². The Labute approximate surface area is 186 Å². The molecule has 1 heterocycles. The van der Waals surface area contributed by atoms with Crippen LogP contribution in [-0.2, 0) is 26.0 Å². The van der Waals surface area contributed by atoms with E-state index in [0.717, 1.165) is 8.78 Å². The van der Waals surface area contributed by atoms with Crippen LogP contribution in [0, 0.1) is 0 Å². The van der Waals surface area contributed by atoms with Gasteiger partial charge in [0.25, 0.3) is 5.91 Å². The first-order valence-corrected chi connectivity index (χ1v) is 12.5. The van der Waals surface area contributed by atoms with Crippen molar-refractivity contribution in [1.29, 1.82) is 0 Å². The summed E-state index contributed by atoms with van der Waals surface area (Å²) in [5.41, 5.74) is 1.50. The molecule has 11 heteroatoms. The zero-order chi connectivity index (χ0) is 22.1. The summed E-state index contributed by atoms with van der Waals surface area (Å²) < 4.78 is 45.2. The van der Waals surface area contributed by atoms with E-state index in [9.17, 15) is 17.8 Å². The summed E-state index contributed by atoms with van der Waals surface area (Å²) in [5.74, 6) is 0.175. The second-order valence-corrected chi connectivity index (χ2v) is 12.0. The minimum absolute atomic E-state index is 0.0406. The summed E-state index contributed by atoms with van der Waals surface area (Å²) in [7, 11) is -4.10. The lowest BCUT2D eigenvalue weighted by atomic mass is 10.0. The average molecular weight is 517 g/mol. The predicted molar refractivity (Wildman–Crippen MR) is 115 cm³/mol. The van der Waals surface area contributed by atoms with Gasteiger partial charge in [0.15, 0.2) is 6.04 Å². The van der Waals surface area contributed by atoms with Gasteiger partial charge >= 0.3 is 0 Å². The third-order valence-corrected chi connectivity index (χ3v) is 9.37. The maximum atomic E-state index is 13.3. The van der Waals surface area contributed by atoms with E-state index in [0.29, 0.717) is 11.5 Å². The van der Waals surface area contributed by atoms with Gasteiger partial charge < -0.3 is 9.29 Å². The topological polar surface area (TPSA) is 119 Å². The average Bonchev–Trinajstić information content (AvgIpc) is 2.71. The smallest absolute Gasteiger partial charge is 0.267 e. The highest BCUT2D eigenvalue weighted by Crippen LogP contribution is 2.35. The molecule has 2 atom stereocenters. The summed E-state index contributed by atoms with van der Waals surface area (Å²) in [6.45, 7) is 2.98. The number of benzene rings is 2. The molecular formula is C19H21BrN2O6S2. The lowest BCUT2D eigenvalue weighted by Gasteiger charge is -2.44. The molecule has 0 spiro atoms. The summed E-state index contributed by atoms with van der Waals surface area (Å²) >= 11 is 1.94. The second kappa shape index (κ2) is 8.85. The van der Waals surface area contributed by atoms with E-state index >= 15 is 0 Å². The van der Waals surface area contributed by atoms with Crippen LogP contribution >= 0.6 is 15.9 Å². The van der Waals surface area contributed by atoms with Crippen LogP contribution in [0.1, 0.15) is 13.8 Å². The maximum absolute atomic E-state index is 13.3. The molecule has 0 radical (unpaired) electrons. The van der Waals surface area contributed by atoms with Gasteiger partial charge in [-0.05, 0) is 77.4 Å². The molecule has 162 valence electrons. The van der Waals surface area contributed by atoms with Gasteiger partial charge in [-0.25, -0.2) is 13.9 Å². The number of rotatable bonds is 5. The molecule has 1 saturated heterocycles.